The first kappa shape index (κ1) is 8.97. The van der Waals surface area contributed by atoms with Gasteiger partial charge in [0.05, 0.1) is 0 Å². The summed E-state index contributed by atoms with van der Waals surface area (Å²) in [7, 11) is 0. The number of nitrogens with zero attached hydrogens (tertiary/aromatic N) is 1. The van der Waals surface area contributed by atoms with Crippen LogP contribution in [-0.4, -0.2) is 11.3 Å². The third kappa shape index (κ3) is 2.00. The van der Waals surface area contributed by atoms with Crippen LogP contribution in [0.4, 0.5) is 5.69 Å². The lowest BCUT2D eigenvalue weighted by atomic mass is 10.3. The van der Waals surface area contributed by atoms with E-state index in [9.17, 15) is 5.11 Å². The van der Waals surface area contributed by atoms with Gasteiger partial charge in [-0.25, -0.2) is 0 Å². The Balaban J connectivity index is 2.23. The van der Waals surface area contributed by atoms with Crippen LogP contribution in [0.5, 0.6) is 5.75 Å². The fraction of sp³-hybridized carbons (Fsp3) is 0. The molecule has 0 aliphatic carbocycles. The number of thiophene rings is 1. The van der Waals surface area contributed by atoms with Gasteiger partial charge in [-0.15, -0.1) is 11.3 Å². The SMILES string of the molecule is Oc1ccccc1N=Cc1cccs1. The third-order valence-corrected chi connectivity index (χ3v) is 2.56. The number of aliphatic imine (C=N–C) groups is 1. The largest absolute Gasteiger partial charge is 0.506 e. The van der Waals surface area contributed by atoms with Gasteiger partial charge in [0, 0.05) is 11.1 Å². The van der Waals surface area contributed by atoms with Crippen molar-refractivity contribution in [3.8, 4) is 5.75 Å². The first-order valence-electron chi connectivity index (χ1n) is 4.22. The van der Waals surface area contributed by atoms with E-state index in [1.165, 1.54) is 0 Å². The van der Waals surface area contributed by atoms with E-state index in [1.54, 1.807) is 35.8 Å². The lowest BCUT2D eigenvalue weighted by Crippen LogP contribution is -1.72. The summed E-state index contributed by atoms with van der Waals surface area (Å²) in [5.74, 6) is 0.209. The van der Waals surface area contributed by atoms with E-state index in [-0.39, 0.29) is 5.75 Å². The molecular formula is C11H9NOS. The predicted molar refractivity (Wildman–Crippen MR) is 59.7 cm³/mol. The molecule has 0 spiro atoms. The van der Waals surface area contributed by atoms with E-state index in [0.717, 1.165) is 4.88 Å². The Hall–Kier alpha value is -1.61. The number of phenols is 1. The molecule has 1 N–H and O–H groups in total. The van der Waals surface area contributed by atoms with Crippen molar-refractivity contribution < 1.29 is 5.11 Å². The van der Waals surface area contributed by atoms with Crippen molar-refractivity contribution in [2.75, 3.05) is 0 Å². The Kier molecular flexibility index (Phi) is 2.60. The molecule has 0 unspecified atom stereocenters. The second-order valence-corrected chi connectivity index (χ2v) is 3.74. The van der Waals surface area contributed by atoms with Crippen molar-refractivity contribution in [1.82, 2.24) is 0 Å². The molecule has 0 atom stereocenters. The van der Waals surface area contributed by atoms with Crippen LogP contribution in [0.25, 0.3) is 0 Å². The van der Waals surface area contributed by atoms with Crippen molar-refractivity contribution in [1.29, 1.82) is 0 Å². The smallest absolute Gasteiger partial charge is 0.141 e. The monoisotopic (exact) mass is 203 g/mol. The Labute approximate surface area is 86.2 Å². The molecule has 1 heterocycles. The van der Waals surface area contributed by atoms with Crippen molar-refractivity contribution in [3.05, 3.63) is 46.7 Å². The maximum absolute atomic E-state index is 9.43. The van der Waals surface area contributed by atoms with E-state index in [4.69, 9.17) is 0 Å². The lowest BCUT2D eigenvalue weighted by Gasteiger charge is -1.95. The minimum atomic E-state index is 0.209. The van der Waals surface area contributed by atoms with Crippen LogP contribution in [0.3, 0.4) is 0 Å². The summed E-state index contributed by atoms with van der Waals surface area (Å²) in [6.45, 7) is 0. The van der Waals surface area contributed by atoms with Crippen LogP contribution in [-0.2, 0) is 0 Å². The zero-order valence-electron chi connectivity index (χ0n) is 7.42. The molecule has 14 heavy (non-hydrogen) atoms. The van der Waals surface area contributed by atoms with Crippen molar-refractivity contribution in [2.45, 2.75) is 0 Å². The minimum absolute atomic E-state index is 0.209. The molecule has 1 aromatic carbocycles. The number of hydrogen-bond donors (Lipinski definition) is 1. The van der Waals surface area contributed by atoms with E-state index in [1.807, 2.05) is 23.6 Å². The van der Waals surface area contributed by atoms with E-state index >= 15 is 0 Å². The van der Waals surface area contributed by atoms with Gasteiger partial charge in [0.25, 0.3) is 0 Å². The number of rotatable bonds is 2. The molecular weight excluding hydrogens is 194 g/mol. The van der Waals surface area contributed by atoms with Gasteiger partial charge in [-0.3, -0.25) is 4.99 Å². The first-order chi connectivity index (χ1) is 6.86. The first-order valence-corrected chi connectivity index (χ1v) is 5.10. The van der Waals surface area contributed by atoms with Crippen molar-refractivity contribution >= 4 is 23.2 Å². The minimum Gasteiger partial charge on any atom is -0.506 e. The fourth-order valence-corrected chi connectivity index (χ4v) is 1.66. The number of hydrogen-bond acceptors (Lipinski definition) is 3. The van der Waals surface area contributed by atoms with Crippen LogP contribution in [0, 0.1) is 0 Å². The molecule has 0 saturated heterocycles. The highest BCUT2D eigenvalue weighted by Crippen LogP contribution is 2.24. The molecule has 1 aromatic heterocycles. The molecule has 2 aromatic rings. The Bertz CT molecular complexity index is 434. The van der Waals surface area contributed by atoms with Gasteiger partial charge < -0.3 is 5.11 Å². The average Bonchev–Trinajstić information content (AvgIpc) is 2.69. The summed E-state index contributed by atoms with van der Waals surface area (Å²) < 4.78 is 0. The summed E-state index contributed by atoms with van der Waals surface area (Å²) in [4.78, 5) is 5.26. The molecule has 2 rings (SSSR count). The normalized spacial score (nSPS) is 10.9. The quantitative estimate of drug-likeness (QED) is 0.747. The van der Waals surface area contributed by atoms with Gasteiger partial charge >= 0.3 is 0 Å². The Morgan fingerprint density at radius 2 is 2.00 bits per heavy atom. The summed E-state index contributed by atoms with van der Waals surface area (Å²) in [6, 6.07) is 11.0. The summed E-state index contributed by atoms with van der Waals surface area (Å²) in [5, 5.41) is 11.4. The maximum Gasteiger partial charge on any atom is 0.141 e. The molecule has 0 radical (unpaired) electrons. The van der Waals surface area contributed by atoms with Gasteiger partial charge in [0.2, 0.25) is 0 Å². The number of aromatic hydroxyl groups is 1. The predicted octanol–water partition coefficient (Wildman–Crippen LogP) is 3.20. The van der Waals surface area contributed by atoms with E-state index < -0.39 is 0 Å². The molecule has 3 heteroatoms. The highest BCUT2D eigenvalue weighted by molar-refractivity contribution is 7.11. The zero-order valence-corrected chi connectivity index (χ0v) is 8.24. The van der Waals surface area contributed by atoms with Crippen LogP contribution in [0.15, 0.2) is 46.8 Å². The van der Waals surface area contributed by atoms with Gasteiger partial charge in [-0.1, -0.05) is 18.2 Å². The molecule has 0 aliphatic rings. The maximum atomic E-state index is 9.43. The number of phenolic OH excluding ortho intramolecular Hbond substituents is 1. The van der Waals surface area contributed by atoms with Crippen LogP contribution < -0.4 is 0 Å². The zero-order chi connectivity index (χ0) is 9.80. The Morgan fingerprint density at radius 1 is 1.14 bits per heavy atom. The number of benzene rings is 1. The van der Waals surface area contributed by atoms with Gasteiger partial charge in [0.15, 0.2) is 0 Å². The van der Waals surface area contributed by atoms with Crippen LogP contribution >= 0.6 is 11.3 Å². The summed E-state index contributed by atoms with van der Waals surface area (Å²) >= 11 is 1.62. The molecule has 70 valence electrons. The summed E-state index contributed by atoms with van der Waals surface area (Å²) in [5.41, 5.74) is 0.598. The molecule has 0 saturated carbocycles. The van der Waals surface area contributed by atoms with Crippen molar-refractivity contribution in [3.63, 3.8) is 0 Å². The van der Waals surface area contributed by atoms with Crippen molar-refractivity contribution in [2.24, 2.45) is 4.99 Å². The van der Waals surface area contributed by atoms with Crippen LogP contribution in [0.1, 0.15) is 4.88 Å². The topological polar surface area (TPSA) is 32.6 Å². The molecule has 0 fully saturated rings. The van der Waals surface area contributed by atoms with E-state index in [0.29, 0.717) is 5.69 Å². The highest BCUT2D eigenvalue weighted by Gasteiger charge is 1.94. The lowest BCUT2D eigenvalue weighted by molar-refractivity contribution is 0.477. The second kappa shape index (κ2) is 4.07. The molecule has 2 nitrogen and oxygen atoms in total. The highest BCUT2D eigenvalue weighted by atomic mass is 32.1. The Morgan fingerprint density at radius 3 is 2.71 bits per heavy atom. The molecule has 0 bridgehead atoms. The van der Waals surface area contributed by atoms with E-state index in [2.05, 4.69) is 4.99 Å². The standard InChI is InChI=1S/C11H9NOS/c13-11-6-2-1-5-10(11)12-8-9-4-3-7-14-9/h1-8,13H. The fourth-order valence-electron chi connectivity index (χ4n) is 1.07. The molecule has 0 amide bonds. The van der Waals surface area contributed by atoms with Gasteiger partial charge in [-0.2, -0.15) is 0 Å². The van der Waals surface area contributed by atoms with Gasteiger partial charge in [0.1, 0.15) is 11.4 Å². The van der Waals surface area contributed by atoms with Gasteiger partial charge in [-0.05, 0) is 23.6 Å². The third-order valence-electron chi connectivity index (χ3n) is 1.76. The second-order valence-electron chi connectivity index (χ2n) is 2.76. The average molecular weight is 203 g/mol. The number of para-hydroxylation sites is 2. The molecule has 0 aliphatic heterocycles. The summed E-state index contributed by atoms with van der Waals surface area (Å²) in [6.07, 6.45) is 1.75. The van der Waals surface area contributed by atoms with Crippen LogP contribution in [0.2, 0.25) is 0 Å².